The SMILES string of the molecule is COc1cccc(C=Nc2ccc(N(C)C)cc2)c1O. The number of ether oxygens (including phenoxy) is 1. The number of anilines is 1. The van der Waals surface area contributed by atoms with E-state index in [1.54, 1.807) is 18.3 Å². The zero-order valence-corrected chi connectivity index (χ0v) is 11.9. The minimum Gasteiger partial charge on any atom is -0.504 e. The van der Waals surface area contributed by atoms with Gasteiger partial charge < -0.3 is 14.7 Å². The van der Waals surface area contributed by atoms with Crippen LogP contribution in [-0.2, 0) is 0 Å². The smallest absolute Gasteiger partial charge is 0.166 e. The van der Waals surface area contributed by atoms with E-state index in [0.717, 1.165) is 11.4 Å². The Morgan fingerprint density at radius 1 is 1.10 bits per heavy atom. The number of hydrogen-bond acceptors (Lipinski definition) is 4. The predicted octanol–water partition coefficient (Wildman–Crippen LogP) is 3.22. The van der Waals surface area contributed by atoms with Gasteiger partial charge in [0, 0.05) is 31.6 Å². The Morgan fingerprint density at radius 2 is 1.80 bits per heavy atom. The van der Waals surface area contributed by atoms with E-state index in [-0.39, 0.29) is 5.75 Å². The largest absolute Gasteiger partial charge is 0.504 e. The van der Waals surface area contributed by atoms with Gasteiger partial charge in [0.15, 0.2) is 11.5 Å². The molecule has 2 rings (SSSR count). The molecule has 0 fully saturated rings. The second kappa shape index (κ2) is 6.10. The van der Waals surface area contributed by atoms with Crippen molar-refractivity contribution in [3.05, 3.63) is 48.0 Å². The fourth-order valence-electron chi connectivity index (χ4n) is 1.79. The van der Waals surface area contributed by atoms with Crippen LogP contribution in [0, 0.1) is 0 Å². The standard InChI is InChI=1S/C16H18N2O2/c1-18(2)14-9-7-13(8-10-14)17-11-12-5-4-6-15(20-3)16(12)19/h4-11,19H,1-3H3. The number of rotatable bonds is 4. The lowest BCUT2D eigenvalue weighted by atomic mass is 10.2. The molecule has 4 nitrogen and oxygen atoms in total. The first kappa shape index (κ1) is 13.9. The number of phenolic OH excluding ortho intramolecular Hbond substituents is 1. The molecule has 0 saturated carbocycles. The van der Waals surface area contributed by atoms with Gasteiger partial charge in [0.25, 0.3) is 0 Å². The number of benzene rings is 2. The summed E-state index contributed by atoms with van der Waals surface area (Å²) in [5, 5.41) is 9.96. The van der Waals surface area contributed by atoms with Crippen molar-refractivity contribution in [2.24, 2.45) is 4.99 Å². The molecule has 0 aliphatic heterocycles. The molecule has 2 aromatic rings. The number of nitrogens with zero attached hydrogens (tertiary/aromatic N) is 2. The lowest BCUT2D eigenvalue weighted by molar-refractivity contribution is 0.373. The summed E-state index contributed by atoms with van der Waals surface area (Å²) < 4.78 is 5.06. The third kappa shape index (κ3) is 3.09. The number of aromatic hydroxyl groups is 1. The lowest BCUT2D eigenvalue weighted by Crippen LogP contribution is -2.07. The summed E-state index contributed by atoms with van der Waals surface area (Å²) in [7, 11) is 5.51. The summed E-state index contributed by atoms with van der Waals surface area (Å²) in [5.74, 6) is 0.542. The molecule has 0 amide bonds. The number of aliphatic imine (C=N–C) groups is 1. The Hall–Kier alpha value is -2.49. The third-order valence-electron chi connectivity index (χ3n) is 2.97. The Kier molecular flexibility index (Phi) is 4.25. The molecular formula is C16H18N2O2. The maximum atomic E-state index is 9.96. The Bertz CT molecular complexity index is 604. The summed E-state index contributed by atoms with van der Waals surface area (Å²) in [6.45, 7) is 0. The molecule has 0 aromatic heterocycles. The highest BCUT2D eigenvalue weighted by molar-refractivity contribution is 5.86. The van der Waals surface area contributed by atoms with Crippen molar-refractivity contribution < 1.29 is 9.84 Å². The van der Waals surface area contributed by atoms with E-state index in [4.69, 9.17) is 4.74 Å². The van der Waals surface area contributed by atoms with Crippen LogP contribution in [0.15, 0.2) is 47.5 Å². The minimum atomic E-state index is 0.101. The summed E-state index contributed by atoms with van der Waals surface area (Å²) >= 11 is 0. The Balaban J connectivity index is 2.21. The van der Waals surface area contributed by atoms with E-state index in [2.05, 4.69) is 4.99 Å². The number of methoxy groups -OCH3 is 1. The molecule has 4 heteroatoms. The van der Waals surface area contributed by atoms with Crippen molar-refractivity contribution >= 4 is 17.6 Å². The van der Waals surface area contributed by atoms with E-state index in [9.17, 15) is 5.11 Å². The van der Waals surface area contributed by atoms with Gasteiger partial charge in [-0.3, -0.25) is 4.99 Å². The van der Waals surface area contributed by atoms with Gasteiger partial charge in [-0.05, 0) is 36.4 Å². The maximum absolute atomic E-state index is 9.96. The number of para-hydroxylation sites is 1. The highest BCUT2D eigenvalue weighted by atomic mass is 16.5. The third-order valence-corrected chi connectivity index (χ3v) is 2.97. The molecule has 0 unspecified atom stereocenters. The molecule has 0 aliphatic rings. The number of phenols is 1. The summed E-state index contributed by atoms with van der Waals surface area (Å²) in [6.07, 6.45) is 1.63. The first-order chi connectivity index (χ1) is 9.61. The monoisotopic (exact) mass is 270 g/mol. The molecule has 0 radical (unpaired) electrons. The molecule has 0 heterocycles. The van der Waals surface area contributed by atoms with Gasteiger partial charge in [0.1, 0.15) is 0 Å². The lowest BCUT2D eigenvalue weighted by Gasteiger charge is -2.11. The van der Waals surface area contributed by atoms with Crippen LogP contribution in [0.2, 0.25) is 0 Å². The molecule has 0 spiro atoms. The molecule has 0 aliphatic carbocycles. The summed E-state index contributed by atoms with van der Waals surface area (Å²) in [5.41, 5.74) is 2.58. The fraction of sp³-hybridized carbons (Fsp3) is 0.188. The molecule has 0 saturated heterocycles. The first-order valence-corrected chi connectivity index (χ1v) is 6.29. The van der Waals surface area contributed by atoms with Crippen LogP contribution in [0.3, 0.4) is 0 Å². The minimum absolute atomic E-state index is 0.101. The van der Waals surface area contributed by atoms with E-state index >= 15 is 0 Å². The Morgan fingerprint density at radius 3 is 2.40 bits per heavy atom. The van der Waals surface area contributed by atoms with Crippen molar-refractivity contribution in [2.45, 2.75) is 0 Å². The van der Waals surface area contributed by atoms with E-state index in [1.807, 2.05) is 49.3 Å². The van der Waals surface area contributed by atoms with Crippen molar-refractivity contribution in [3.8, 4) is 11.5 Å². The molecule has 0 atom stereocenters. The zero-order valence-electron chi connectivity index (χ0n) is 11.9. The van der Waals surface area contributed by atoms with Crippen LogP contribution in [0.25, 0.3) is 0 Å². The van der Waals surface area contributed by atoms with E-state index < -0.39 is 0 Å². The van der Waals surface area contributed by atoms with E-state index in [0.29, 0.717) is 11.3 Å². The van der Waals surface area contributed by atoms with Crippen molar-refractivity contribution in [1.82, 2.24) is 0 Å². The maximum Gasteiger partial charge on any atom is 0.166 e. The highest BCUT2D eigenvalue weighted by Gasteiger charge is 2.04. The van der Waals surface area contributed by atoms with Crippen molar-refractivity contribution in [1.29, 1.82) is 0 Å². The van der Waals surface area contributed by atoms with Crippen LogP contribution >= 0.6 is 0 Å². The molecule has 104 valence electrons. The van der Waals surface area contributed by atoms with Crippen LogP contribution < -0.4 is 9.64 Å². The predicted molar refractivity (Wildman–Crippen MR) is 82.7 cm³/mol. The van der Waals surface area contributed by atoms with E-state index in [1.165, 1.54) is 7.11 Å². The normalized spacial score (nSPS) is 10.8. The summed E-state index contributed by atoms with van der Waals surface area (Å²) in [6, 6.07) is 13.2. The summed E-state index contributed by atoms with van der Waals surface area (Å²) in [4.78, 5) is 6.38. The van der Waals surface area contributed by atoms with Crippen LogP contribution in [0.5, 0.6) is 11.5 Å². The fourth-order valence-corrected chi connectivity index (χ4v) is 1.79. The molecule has 2 aromatic carbocycles. The average Bonchev–Trinajstić information content (AvgIpc) is 2.46. The quantitative estimate of drug-likeness (QED) is 0.868. The molecule has 0 bridgehead atoms. The highest BCUT2D eigenvalue weighted by Crippen LogP contribution is 2.28. The van der Waals surface area contributed by atoms with Gasteiger partial charge in [0.05, 0.1) is 12.8 Å². The van der Waals surface area contributed by atoms with Gasteiger partial charge in [0.2, 0.25) is 0 Å². The first-order valence-electron chi connectivity index (χ1n) is 6.29. The molecule has 1 N–H and O–H groups in total. The van der Waals surface area contributed by atoms with Gasteiger partial charge in [-0.15, -0.1) is 0 Å². The Labute approximate surface area is 119 Å². The van der Waals surface area contributed by atoms with Crippen molar-refractivity contribution in [2.75, 3.05) is 26.1 Å². The zero-order chi connectivity index (χ0) is 14.5. The van der Waals surface area contributed by atoms with Gasteiger partial charge in [-0.2, -0.15) is 0 Å². The second-order valence-corrected chi connectivity index (χ2v) is 4.57. The van der Waals surface area contributed by atoms with Crippen LogP contribution in [0.4, 0.5) is 11.4 Å². The van der Waals surface area contributed by atoms with Gasteiger partial charge >= 0.3 is 0 Å². The van der Waals surface area contributed by atoms with Gasteiger partial charge in [-0.25, -0.2) is 0 Å². The average molecular weight is 270 g/mol. The topological polar surface area (TPSA) is 45.1 Å². The molecule has 20 heavy (non-hydrogen) atoms. The van der Waals surface area contributed by atoms with Crippen molar-refractivity contribution in [3.63, 3.8) is 0 Å². The second-order valence-electron chi connectivity index (χ2n) is 4.57. The number of hydrogen-bond donors (Lipinski definition) is 1. The van der Waals surface area contributed by atoms with Gasteiger partial charge in [-0.1, -0.05) is 6.07 Å². The molecular weight excluding hydrogens is 252 g/mol. The van der Waals surface area contributed by atoms with Crippen LogP contribution in [0.1, 0.15) is 5.56 Å². The van der Waals surface area contributed by atoms with Crippen LogP contribution in [-0.4, -0.2) is 32.5 Å².